The van der Waals surface area contributed by atoms with Gasteiger partial charge in [-0.1, -0.05) is 42.5 Å². The zero-order valence-electron chi connectivity index (χ0n) is 16.7. The number of rotatable bonds is 6. The Kier molecular flexibility index (Phi) is 5.89. The molecule has 0 aliphatic carbocycles. The predicted molar refractivity (Wildman–Crippen MR) is 112 cm³/mol. The van der Waals surface area contributed by atoms with Gasteiger partial charge in [-0.2, -0.15) is 0 Å². The van der Waals surface area contributed by atoms with Gasteiger partial charge >= 0.3 is 0 Å². The molecule has 2 aromatic carbocycles. The van der Waals surface area contributed by atoms with Crippen LogP contribution in [0.5, 0.6) is 0 Å². The Morgan fingerprint density at radius 1 is 1.04 bits per heavy atom. The van der Waals surface area contributed by atoms with Crippen LogP contribution in [0.2, 0.25) is 0 Å². The normalized spacial score (nSPS) is 17.7. The van der Waals surface area contributed by atoms with Crippen molar-refractivity contribution in [3.05, 3.63) is 66.1 Å². The van der Waals surface area contributed by atoms with Gasteiger partial charge in [0.25, 0.3) is 0 Å². The Morgan fingerprint density at radius 3 is 2.50 bits per heavy atom. The van der Waals surface area contributed by atoms with Gasteiger partial charge in [0.05, 0.1) is 12.3 Å². The summed E-state index contributed by atoms with van der Waals surface area (Å²) in [5.74, 6) is 2.24. The molecule has 28 heavy (non-hydrogen) atoms. The number of ether oxygens (including phenoxy) is 1. The lowest BCUT2D eigenvalue weighted by Crippen LogP contribution is -2.36. The van der Waals surface area contributed by atoms with Crippen molar-refractivity contribution in [3.8, 4) is 22.6 Å². The Hall–Kier alpha value is -2.43. The fraction of sp³-hybridized carbons (Fsp3) is 0.375. The fourth-order valence-corrected chi connectivity index (χ4v) is 4.01. The smallest absolute Gasteiger partial charge is 0.226 e. The first-order chi connectivity index (χ1) is 13.7. The third-order valence-corrected chi connectivity index (χ3v) is 5.51. The van der Waals surface area contributed by atoms with Crippen LogP contribution in [0.4, 0.5) is 0 Å². The molecule has 3 aromatic rings. The number of piperidine rings is 1. The summed E-state index contributed by atoms with van der Waals surface area (Å²) in [4.78, 5) is 7.28. The molecule has 0 saturated carbocycles. The number of aromatic nitrogens is 1. The second-order valence-electron chi connectivity index (χ2n) is 7.66. The van der Waals surface area contributed by atoms with Crippen LogP contribution < -0.4 is 0 Å². The molecule has 2 heterocycles. The molecule has 146 valence electrons. The van der Waals surface area contributed by atoms with Crippen LogP contribution in [0.25, 0.3) is 22.6 Å². The lowest BCUT2D eigenvalue weighted by atomic mass is 9.99. The van der Waals surface area contributed by atoms with Crippen molar-refractivity contribution < 1.29 is 9.15 Å². The van der Waals surface area contributed by atoms with Crippen molar-refractivity contribution in [1.29, 1.82) is 0 Å². The number of methoxy groups -OCH3 is 1. The van der Waals surface area contributed by atoms with Crippen LogP contribution in [-0.2, 0) is 11.3 Å². The zero-order valence-corrected chi connectivity index (χ0v) is 16.7. The van der Waals surface area contributed by atoms with E-state index in [-0.39, 0.29) is 0 Å². The maximum Gasteiger partial charge on any atom is 0.226 e. The van der Waals surface area contributed by atoms with E-state index in [1.807, 2.05) is 13.0 Å². The molecule has 1 aliphatic heterocycles. The fourth-order valence-electron chi connectivity index (χ4n) is 4.01. The van der Waals surface area contributed by atoms with Crippen LogP contribution in [-0.4, -0.2) is 36.7 Å². The lowest BCUT2D eigenvalue weighted by molar-refractivity contribution is 0.0866. The summed E-state index contributed by atoms with van der Waals surface area (Å²) in [5, 5.41) is 0. The Labute approximate surface area is 167 Å². The van der Waals surface area contributed by atoms with E-state index < -0.39 is 0 Å². The maximum absolute atomic E-state index is 6.00. The average molecular weight is 377 g/mol. The summed E-state index contributed by atoms with van der Waals surface area (Å²) in [6.07, 6.45) is 2.47. The molecular formula is C24H28N2O2. The monoisotopic (exact) mass is 376 g/mol. The van der Waals surface area contributed by atoms with Gasteiger partial charge in [-0.05, 0) is 55.5 Å². The molecule has 1 fully saturated rings. The van der Waals surface area contributed by atoms with Gasteiger partial charge < -0.3 is 9.15 Å². The van der Waals surface area contributed by atoms with E-state index in [4.69, 9.17) is 14.1 Å². The van der Waals surface area contributed by atoms with Crippen molar-refractivity contribution in [2.24, 2.45) is 5.92 Å². The number of aryl methyl sites for hydroxylation is 1. The molecule has 4 nitrogen and oxygen atoms in total. The Balaban J connectivity index is 1.47. The Bertz CT molecular complexity index is 885. The molecule has 1 aliphatic rings. The molecule has 1 saturated heterocycles. The SMILES string of the molecule is COCC1CCCN(Cc2nc(-c3ccc(-c4ccccc4)cc3)oc2C)C1. The molecule has 0 spiro atoms. The zero-order chi connectivity index (χ0) is 19.3. The van der Waals surface area contributed by atoms with E-state index in [2.05, 4.69) is 53.4 Å². The average Bonchev–Trinajstić information content (AvgIpc) is 3.10. The number of oxazole rings is 1. The minimum absolute atomic E-state index is 0.621. The van der Waals surface area contributed by atoms with Crippen LogP contribution >= 0.6 is 0 Å². The van der Waals surface area contributed by atoms with Crippen molar-refractivity contribution in [1.82, 2.24) is 9.88 Å². The maximum atomic E-state index is 6.00. The summed E-state index contributed by atoms with van der Waals surface area (Å²) >= 11 is 0. The minimum atomic E-state index is 0.621. The minimum Gasteiger partial charge on any atom is -0.441 e. The third kappa shape index (κ3) is 4.34. The summed E-state index contributed by atoms with van der Waals surface area (Å²) in [7, 11) is 1.79. The van der Waals surface area contributed by atoms with E-state index in [9.17, 15) is 0 Å². The lowest BCUT2D eigenvalue weighted by Gasteiger charge is -2.31. The highest BCUT2D eigenvalue weighted by molar-refractivity contribution is 5.67. The largest absolute Gasteiger partial charge is 0.441 e. The molecule has 1 atom stereocenters. The van der Waals surface area contributed by atoms with Crippen LogP contribution in [0, 0.1) is 12.8 Å². The second kappa shape index (κ2) is 8.72. The highest BCUT2D eigenvalue weighted by Gasteiger charge is 2.22. The van der Waals surface area contributed by atoms with Gasteiger partial charge in [-0.3, -0.25) is 4.90 Å². The van der Waals surface area contributed by atoms with Crippen molar-refractivity contribution >= 4 is 0 Å². The van der Waals surface area contributed by atoms with E-state index in [1.165, 1.54) is 24.0 Å². The molecule has 0 radical (unpaired) electrons. The van der Waals surface area contributed by atoms with Gasteiger partial charge in [-0.25, -0.2) is 4.98 Å². The number of hydrogen-bond acceptors (Lipinski definition) is 4. The van der Waals surface area contributed by atoms with E-state index >= 15 is 0 Å². The summed E-state index contributed by atoms with van der Waals surface area (Å²) in [5.41, 5.74) is 4.48. The summed E-state index contributed by atoms with van der Waals surface area (Å²) in [6.45, 7) is 5.89. The topological polar surface area (TPSA) is 38.5 Å². The van der Waals surface area contributed by atoms with Crippen molar-refractivity contribution in [2.45, 2.75) is 26.3 Å². The number of benzene rings is 2. The highest BCUT2D eigenvalue weighted by Crippen LogP contribution is 2.27. The van der Waals surface area contributed by atoms with Crippen LogP contribution in [0.3, 0.4) is 0 Å². The summed E-state index contributed by atoms with van der Waals surface area (Å²) < 4.78 is 11.3. The van der Waals surface area contributed by atoms with Crippen LogP contribution in [0.1, 0.15) is 24.3 Å². The van der Waals surface area contributed by atoms with E-state index in [0.717, 1.165) is 43.3 Å². The standard InChI is InChI=1S/C24H28N2O2/c1-18-23(16-26-14-6-7-19(15-26)17-27-2)25-24(28-18)22-12-10-21(11-13-22)20-8-4-3-5-9-20/h3-5,8-13,19H,6-7,14-17H2,1-2H3. The van der Waals surface area contributed by atoms with Gasteiger partial charge in [0.2, 0.25) is 5.89 Å². The summed E-state index contributed by atoms with van der Waals surface area (Å²) in [6, 6.07) is 18.8. The van der Waals surface area contributed by atoms with Crippen molar-refractivity contribution in [2.75, 3.05) is 26.8 Å². The first-order valence-electron chi connectivity index (χ1n) is 10.1. The second-order valence-corrected chi connectivity index (χ2v) is 7.66. The molecule has 4 rings (SSSR count). The number of hydrogen-bond donors (Lipinski definition) is 0. The molecule has 0 amide bonds. The third-order valence-electron chi connectivity index (χ3n) is 5.51. The number of likely N-dealkylation sites (tertiary alicyclic amines) is 1. The molecule has 0 N–H and O–H groups in total. The van der Waals surface area contributed by atoms with E-state index in [0.29, 0.717) is 11.8 Å². The van der Waals surface area contributed by atoms with Gasteiger partial charge in [0.1, 0.15) is 5.76 Å². The van der Waals surface area contributed by atoms with Gasteiger partial charge in [0, 0.05) is 25.8 Å². The van der Waals surface area contributed by atoms with Gasteiger partial charge in [-0.15, -0.1) is 0 Å². The van der Waals surface area contributed by atoms with Crippen LogP contribution in [0.15, 0.2) is 59.0 Å². The van der Waals surface area contributed by atoms with Crippen molar-refractivity contribution in [3.63, 3.8) is 0 Å². The molecular weight excluding hydrogens is 348 g/mol. The highest BCUT2D eigenvalue weighted by atomic mass is 16.5. The molecule has 1 aromatic heterocycles. The molecule has 1 unspecified atom stereocenters. The number of nitrogens with zero attached hydrogens (tertiary/aromatic N) is 2. The van der Waals surface area contributed by atoms with Gasteiger partial charge in [0.15, 0.2) is 0 Å². The molecule has 0 bridgehead atoms. The predicted octanol–water partition coefficient (Wildman–Crippen LogP) is 5.18. The first kappa shape index (κ1) is 18.9. The van der Waals surface area contributed by atoms with E-state index in [1.54, 1.807) is 7.11 Å². The molecule has 4 heteroatoms. The Morgan fingerprint density at radius 2 is 1.75 bits per heavy atom. The first-order valence-corrected chi connectivity index (χ1v) is 10.1. The quantitative estimate of drug-likeness (QED) is 0.594.